The number of aromatic amines is 1. The van der Waals surface area contributed by atoms with Crippen molar-refractivity contribution in [2.45, 2.75) is 26.9 Å². The first-order valence-electron chi connectivity index (χ1n) is 11.0. The van der Waals surface area contributed by atoms with Gasteiger partial charge in [0.05, 0.1) is 29.8 Å². The van der Waals surface area contributed by atoms with E-state index in [-0.39, 0.29) is 12.6 Å². The van der Waals surface area contributed by atoms with Crippen LogP contribution in [0.4, 0.5) is 10.7 Å². The van der Waals surface area contributed by atoms with Crippen LogP contribution >= 0.6 is 0 Å². The number of aromatic nitrogens is 3. The second-order valence-electron chi connectivity index (χ2n) is 8.20. The predicted molar refractivity (Wildman–Crippen MR) is 128 cm³/mol. The average molecular weight is 463 g/mol. The number of anilines is 1. The number of hydrogen-bond acceptors (Lipinski definition) is 7. The summed E-state index contributed by atoms with van der Waals surface area (Å²) in [4.78, 5) is 38.6. The van der Waals surface area contributed by atoms with E-state index < -0.39 is 11.7 Å². The molecule has 0 fully saturated rings. The molecule has 1 N–H and O–H groups in total. The molecule has 0 saturated heterocycles. The molecule has 0 aliphatic rings. The van der Waals surface area contributed by atoms with Crippen molar-refractivity contribution in [3.05, 3.63) is 71.0 Å². The molecule has 176 valence electrons. The minimum absolute atomic E-state index is 0.115. The van der Waals surface area contributed by atoms with Crippen LogP contribution in [0.3, 0.4) is 0 Å². The molecule has 0 unspecified atom stereocenters. The number of nitrogens with one attached hydrogen (secondary N) is 1. The van der Waals surface area contributed by atoms with Gasteiger partial charge < -0.3 is 13.9 Å². The number of ether oxygens (including phenoxy) is 2. The number of carbonyl (C=O) groups is 1. The Bertz CT molecular complexity index is 1320. The highest BCUT2D eigenvalue weighted by atomic mass is 16.6. The van der Waals surface area contributed by atoms with E-state index >= 15 is 0 Å². The number of rotatable bonds is 8. The van der Waals surface area contributed by atoms with Crippen LogP contribution in [0.1, 0.15) is 25.8 Å². The maximum Gasteiger partial charge on any atom is 0.416 e. The smallest absolute Gasteiger partial charge is 0.416 e. The molecular formula is C25H26N4O5. The Hall–Kier alpha value is -4.14. The lowest BCUT2D eigenvalue weighted by molar-refractivity contribution is 0.146. The van der Waals surface area contributed by atoms with Gasteiger partial charge in [-0.3, -0.25) is 9.78 Å². The fourth-order valence-corrected chi connectivity index (χ4v) is 3.46. The molecule has 9 nitrogen and oxygen atoms in total. The molecule has 4 rings (SSSR count). The molecule has 4 aromatic rings. The van der Waals surface area contributed by atoms with E-state index in [0.29, 0.717) is 46.9 Å². The Morgan fingerprint density at radius 2 is 2.00 bits per heavy atom. The fourth-order valence-electron chi connectivity index (χ4n) is 3.46. The third-order valence-corrected chi connectivity index (χ3v) is 5.32. The summed E-state index contributed by atoms with van der Waals surface area (Å²) in [6, 6.07) is 12.7. The minimum Gasteiger partial charge on any atom is -0.496 e. The zero-order valence-electron chi connectivity index (χ0n) is 19.3. The number of benzene rings is 2. The summed E-state index contributed by atoms with van der Waals surface area (Å²) in [5.41, 5.74) is 1.42. The molecule has 0 aliphatic carbocycles. The molecule has 2 aromatic heterocycles. The standard InChI is InChI=1S/C25H26N4O5/c1-16(2)9-10-29(25(31)33-14-17-7-5-4-6-8-17)24-27-20-12-21(32-3)19(22-13-26-15-34-22)11-18(20)23(30)28-24/h4-8,11-13,15-16H,9-10,14H2,1-3H3,(H,27,28,30). The van der Waals surface area contributed by atoms with Gasteiger partial charge in [-0.1, -0.05) is 44.2 Å². The van der Waals surface area contributed by atoms with E-state index in [1.807, 2.05) is 30.3 Å². The van der Waals surface area contributed by atoms with Gasteiger partial charge in [0, 0.05) is 12.6 Å². The summed E-state index contributed by atoms with van der Waals surface area (Å²) in [7, 11) is 1.52. The lowest BCUT2D eigenvalue weighted by atomic mass is 10.1. The lowest BCUT2D eigenvalue weighted by Gasteiger charge is -2.22. The number of H-pyrrole nitrogens is 1. The van der Waals surface area contributed by atoms with Gasteiger partial charge in [0.15, 0.2) is 12.2 Å². The van der Waals surface area contributed by atoms with Gasteiger partial charge in [0.25, 0.3) is 5.56 Å². The highest BCUT2D eigenvalue weighted by Gasteiger charge is 2.22. The largest absolute Gasteiger partial charge is 0.496 e. The number of oxazole rings is 1. The molecule has 0 spiro atoms. The first-order valence-corrected chi connectivity index (χ1v) is 11.0. The van der Waals surface area contributed by atoms with Crippen molar-refractivity contribution in [3.63, 3.8) is 0 Å². The number of carbonyl (C=O) groups excluding carboxylic acids is 1. The van der Waals surface area contributed by atoms with Crippen LogP contribution in [0.5, 0.6) is 5.75 Å². The van der Waals surface area contributed by atoms with Gasteiger partial charge >= 0.3 is 6.09 Å². The van der Waals surface area contributed by atoms with Gasteiger partial charge in [-0.05, 0) is 24.0 Å². The Kier molecular flexibility index (Phi) is 6.91. The summed E-state index contributed by atoms with van der Waals surface area (Å²) < 4.78 is 16.4. The van der Waals surface area contributed by atoms with E-state index in [1.54, 1.807) is 12.1 Å². The molecule has 0 radical (unpaired) electrons. The van der Waals surface area contributed by atoms with Crippen LogP contribution in [-0.4, -0.2) is 34.7 Å². The summed E-state index contributed by atoms with van der Waals surface area (Å²) >= 11 is 0. The van der Waals surface area contributed by atoms with E-state index in [0.717, 1.165) is 5.56 Å². The van der Waals surface area contributed by atoms with Crippen LogP contribution in [-0.2, 0) is 11.3 Å². The van der Waals surface area contributed by atoms with Gasteiger partial charge in [-0.25, -0.2) is 19.7 Å². The van der Waals surface area contributed by atoms with Crippen LogP contribution < -0.4 is 15.2 Å². The molecule has 2 heterocycles. The lowest BCUT2D eigenvalue weighted by Crippen LogP contribution is -2.35. The first kappa shape index (κ1) is 23.0. The van der Waals surface area contributed by atoms with Crippen molar-refractivity contribution in [1.82, 2.24) is 15.0 Å². The molecule has 9 heteroatoms. The maximum atomic E-state index is 13.0. The monoisotopic (exact) mass is 462 g/mol. The molecule has 0 saturated carbocycles. The summed E-state index contributed by atoms with van der Waals surface area (Å²) in [5.74, 6) is 1.38. The van der Waals surface area contributed by atoms with Crippen molar-refractivity contribution in [3.8, 4) is 17.1 Å². The van der Waals surface area contributed by atoms with Crippen molar-refractivity contribution in [2.24, 2.45) is 5.92 Å². The maximum absolute atomic E-state index is 13.0. The third-order valence-electron chi connectivity index (χ3n) is 5.32. The molecule has 0 aliphatic heterocycles. The Morgan fingerprint density at radius 3 is 2.68 bits per heavy atom. The third kappa shape index (κ3) is 5.09. The van der Waals surface area contributed by atoms with Gasteiger partial charge in [-0.15, -0.1) is 0 Å². The number of fused-ring (bicyclic) bond motifs is 1. The van der Waals surface area contributed by atoms with Crippen molar-refractivity contribution >= 4 is 22.9 Å². The van der Waals surface area contributed by atoms with Gasteiger partial charge in [0.1, 0.15) is 12.4 Å². The number of amides is 1. The van der Waals surface area contributed by atoms with E-state index in [9.17, 15) is 9.59 Å². The van der Waals surface area contributed by atoms with Crippen LogP contribution in [0, 0.1) is 5.92 Å². The Labute approximate surface area is 196 Å². The average Bonchev–Trinajstić information content (AvgIpc) is 3.37. The molecule has 0 bridgehead atoms. The van der Waals surface area contributed by atoms with Crippen LogP contribution in [0.15, 0.2) is 64.3 Å². The summed E-state index contributed by atoms with van der Waals surface area (Å²) in [6.07, 6.45) is 2.96. The van der Waals surface area contributed by atoms with Crippen LogP contribution in [0.25, 0.3) is 22.2 Å². The van der Waals surface area contributed by atoms with Crippen molar-refractivity contribution < 1.29 is 18.7 Å². The van der Waals surface area contributed by atoms with Crippen molar-refractivity contribution in [2.75, 3.05) is 18.6 Å². The van der Waals surface area contributed by atoms with E-state index in [1.165, 1.54) is 24.6 Å². The van der Waals surface area contributed by atoms with Gasteiger partial charge in [0.2, 0.25) is 5.95 Å². The SMILES string of the molecule is COc1cc2nc(N(CCC(C)C)C(=O)OCc3ccccc3)[nH]c(=O)c2cc1-c1cnco1. The quantitative estimate of drug-likeness (QED) is 0.401. The number of nitrogens with zero attached hydrogens (tertiary/aromatic N) is 3. The van der Waals surface area contributed by atoms with Crippen molar-refractivity contribution in [1.29, 1.82) is 0 Å². The molecule has 34 heavy (non-hydrogen) atoms. The Morgan fingerprint density at radius 1 is 1.21 bits per heavy atom. The zero-order chi connectivity index (χ0) is 24.1. The fraction of sp³-hybridized carbons (Fsp3) is 0.280. The number of hydrogen-bond donors (Lipinski definition) is 1. The summed E-state index contributed by atoms with van der Waals surface area (Å²) in [5, 5.41) is 0.331. The molecular weight excluding hydrogens is 436 g/mol. The minimum atomic E-state index is -0.586. The highest BCUT2D eigenvalue weighted by Crippen LogP contribution is 2.33. The molecule has 0 atom stereocenters. The number of methoxy groups -OCH3 is 1. The van der Waals surface area contributed by atoms with E-state index in [4.69, 9.17) is 13.9 Å². The topological polar surface area (TPSA) is 111 Å². The first-order chi connectivity index (χ1) is 16.5. The molecule has 2 aromatic carbocycles. The normalized spacial score (nSPS) is 11.1. The second kappa shape index (κ2) is 10.2. The highest BCUT2D eigenvalue weighted by molar-refractivity contribution is 5.90. The molecule has 1 amide bonds. The zero-order valence-corrected chi connectivity index (χ0v) is 19.3. The second-order valence-corrected chi connectivity index (χ2v) is 8.20. The summed E-state index contributed by atoms with van der Waals surface area (Å²) in [6.45, 7) is 4.57. The van der Waals surface area contributed by atoms with E-state index in [2.05, 4.69) is 28.8 Å². The van der Waals surface area contributed by atoms with Gasteiger partial charge in [-0.2, -0.15) is 0 Å². The van der Waals surface area contributed by atoms with Crippen LogP contribution in [0.2, 0.25) is 0 Å². The Balaban J connectivity index is 1.70. The predicted octanol–water partition coefficient (Wildman–Crippen LogP) is 4.78.